The Morgan fingerprint density at radius 2 is 1.50 bits per heavy atom. The Balaban J connectivity index is 2.33. The van der Waals surface area contributed by atoms with Crippen LogP contribution in [0.2, 0.25) is 0 Å². The molecular weight excluding hydrogens is 354 g/mol. The molecule has 0 unspecified atom stereocenters. The third-order valence-corrected chi connectivity index (χ3v) is 4.58. The quantitative estimate of drug-likeness (QED) is 0.719. The molecule has 0 bridgehead atoms. The Morgan fingerprint density at radius 1 is 0.857 bits per heavy atom. The number of nitrogen functional groups attached to an aromatic ring is 1. The van der Waals surface area contributed by atoms with E-state index in [4.69, 9.17) is 19.9 Å². The molecule has 6 heteroatoms. The van der Waals surface area contributed by atoms with E-state index in [9.17, 15) is 5.26 Å². The average molecular weight is 375 g/mol. The van der Waals surface area contributed by atoms with E-state index in [2.05, 4.69) is 11.1 Å². The standard InChI is InChI=1S/C22H21N3O3/c1-13-7-5-6-8-14(13)18-9-15(17(12-23)22(24)25-18)16-10-20(27-3)21(28-4)11-19(16)26-2/h5-11H,1-4H3,(H2,24,25). The lowest BCUT2D eigenvalue weighted by Gasteiger charge is -2.17. The van der Waals surface area contributed by atoms with Crippen molar-refractivity contribution in [2.24, 2.45) is 0 Å². The SMILES string of the molecule is COc1cc(OC)c(-c2cc(-c3ccccc3C)nc(N)c2C#N)cc1OC. The minimum Gasteiger partial charge on any atom is -0.496 e. The van der Waals surface area contributed by atoms with E-state index in [1.54, 1.807) is 33.5 Å². The lowest BCUT2D eigenvalue weighted by molar-refractivity contribution is 0.349. The Labute approximate surface area is 164 Å². The van der Waals surface area contributed by atoms with Crippen molar-refractivity contribution in [3.63, 3.8) is 0 Å². The van der Waals surface area contributed by atoms with Crippen molar-refractivity contribution in [3.8, 4) is 45.7 Å². The molecule has 6 nitrogen and oxygen atoms in total. The lowest BCUT2D eigenvalue weighted by atomic mass is 9.96. The van der Waals surface area contributed by atoms with Gasteiger partial charge in [-0.2, -0.15) is 5.26 Å². The Morgan fingerprint density at radius 3 is 2.11 bits per heavy atom. The zero-order valence-corrected chi connectivity index (χ0v) is 16.2. The number of methoxy groups -OCH3 is 3. The maximum absolute atomic E-state index is 9.70. The number of aryl methyl sites for hydroxylation is 1. The van der Waals surface area contributed by atoms with Crippen LogP contribution in [0.25, 0.3) is 22.4 Å². The van der Waals surface area contributed by atoms with Crippen LogP contribution in [0.15, 0.2) is 42.5 Å². The van der Waals surface area contributed by atoms with Gasteiger partial charge in [-0.3, -0.25) is 0 Å². The molecule has 3 aromatic rings. The van der Waals surface area contributed by atoms with Crippen LogP contribution in [-0.2, 0) is 0 Å². The number of nitrogens with zero attached hydrogens (tertiary/aromatic N) is 2. The van der Waals surface area contributed by atoms with E-state index in [1.807, 2.05) is 37.3 Å². The highest BCUT2D eigenvalue weighted by atomic mass is 16.5. The lowest BCUT2D eigenvalue weighted by Crippen LogP contribution is -2.02. The predicted molar refractivity (Wildman–Crippen MR) is 109 cm³/mol. The molecule has 0 saturated heterocycles. The number of aromatic nitrogens is 1. The summed E-state index contributed by atoms with van der Waals surface area (Å²) in [7, 11) is 4.67. The summed E-state index contributed by atoms with van der Waals surface area (Å²) >= 11 is 0. The first-order valence-electron chi connectivity index (χ1n) is 8.61. The second-order valence-electron chi connectivity index (χ2n) is 6.15. The highest BCUT2D eigenvalue weighted by Crippen LogP contribution is 2.42. The fraction of sp³-hybridized carbons (Fsp3) is 0.182. The molecule has 0 spiro atoms. The summed E-state index contributed by atoms with van der Waals surface area (Å²) in [6.07, 6.45) is 0. The summed E-state index contributed by atoms with van der Waals surface area (Å²) < 4.78 is 16.3. The summed E-state index contributed by atoms with van der Waals surface area (Å²) in [5.74, 6) is 1.75. The molecule has 0 saturated carbocycles. The number of nitrogens with two attached hydrogens (primary N) is 1. The molecule has 2 aromatic carbocycles. The van der Waals surface area contributed by atoms with Gasteiger partial charge in [-0.25, -0.2) is 4.98 Å². The fourth-order valence-corrected chi connectivity index (χ4v) is 3.13. The normalized spacial score (nSPS) is 10.2. The second-order valence-corrected chi connectivity index (χ2v) is 6.15. The zero-order chi connectivity index (χ0) is 20.3. The van der Waals surface area contributed by atoms with Crippen LogP contribution in [0, 0.1) is 18.3 Å². The number of ether oxygens (including phenoxy) is 3. The third kappa shape index (κ3) is 3.30. The summed E-state index contributed by atoms with van der Waals surface area (Å²) in [5.41, 5.74) is 10.4. The molecule has 3 rings (SSSR count). The molecule has 0 fully saturated rings. The number of pyridine rings is 1. The van der Waals surface area contributed by atoms with Crippen molar-refractivity contribution in [3.05, 3.63) is 53.6 Å². The molecular formula is C22H21N3O3. The summed E-state index contributed by atoms with van der Waals surface area (Å²) in [4.78, 5) is 4.45. The summed E-state index contributed by atoms with van der Waals surface area (Å²) in [6.45, 7) is 2.00. The van der Waals surface area contributed by atoms with Crippen LogP contribution in [0.3, 0.4) is 0 Å². The molecule has 0 aliphatic heterocycles. The van der Waals surface area contributed by atoms with E-state index in [-0.39, 0.29) is 11.4 Å². The number of anilines is 1. The maximum atomic E-state index is 9.70. The van der Waals surface area contributed by atoms with Gasteiger partial charge in [0.2, 0.25) is 0 Å². The van der Waals surface area contributed by atoms with Gasteiger partial charge in [-0.1, -0.05) is 24.3 Å². The first-order valence-corrected chi connectivity index (χ1v) is 8.61. The number of hydrogen-bond acceptors (Lipinski definition) is 6. The van der Waals surface area contributed by atoms with Gasteiger partial charge in [-0.05, 0) is 24.6 Å². The van der Waals surface area contributed by atoms with Crippen molar-refractivity contribution in [2.45, 2.75) is 6.92 Å². The van der Waals surface area contributed by atoms with E-state index < -0.39 is 0 Å². The van der Waals surface area contributed by atoms with Gasteiger partial charge in [-0.15, -0.1) is 0 Å². The highest BCUT2D eigenvalue weighted by Gasteiger charge is 2.20. The van der Waals surface area contributed by atoms with Crippen LogP contribution in [0.4, 0.5) is 5.82 Å². The van der Waals surface area contributed by atoms with Crippen molar-refractivity contribution in [2.75, 3.05) is 27.1 Å². The highest BCUT2D eigenvalue weighted by molar-refractivity contribution is 5.84. The van der Waals surface area contributed by atoms with E-state index >= 15 is 0 Å². The van der Waals surface area contributed by atoms with Crippen molar-refractivity contribution < 1.29 is 14.2 Å². The largest absolute Gasteiger partial charge is 0.496 e. The van der Waals surface area contributed by atoms with E-state index in [1.165, 1.54) is 0 Å². The second kappa shape index (κ2) is 7.89. The number of nitriles is 1. The number of hydrogen-bond donors (Lipinski definition) is 1. The number of benzene rings is 2. The topological polar surface area (TPSA) is 90.4 Å². The molecule has 0 aliphatic carbocycles. The van der Waals surface area contributed by atoms with Crippen LogP contribution in [-0.4, -0.2) is 26.3 Å². The molecule has 0 aliphatic rings. The van der Waals surface area contributed by atoms with Crippen LogP contribution < -0.4 is 19.9 Å². The predicted octanol–water partition coefficient (Wildman–Crippen LogP) is 4.20. The molecule has 0 radical (unpaired) electrons. The summed E-state index contributed by atoms with van der Waals surface area (Å²) in [6, 6.07) is 15.4. The van der Waals surface area contributed by atoms with Crippen LogP contribution >= 0.6 is 0 Å². The molecule has 1 aromatic heterocycles. The smallest absolute Gasteiger partial charge is 0.164 e. The first-order chi connectivity index (χ1) is 13.5. The minimum absolute atomic E-state index is 0.162. The molecule has 142 valence electrons. The van der Waals surface area contributed by atoms with Crippen LogP contribution in [0.5, 0.6) is 17.2 Å². The number of rotatable bonds is 5. The Kier molecular flexibility index (Phi) is 5.37. The monoisotopic (exact) mass is 375 g/mol. The zero-order valence-electron chi connectivity index (χ0n) is 16.2. The Bertz CT molecular complexity index is 1070. The van der Waals surface area contributed by atoms with Crippen LogP contribution in [0.1, 0.15) is 11.1 Å². The van der Waals surface area contributed by atoms with E-state index in [0.717, 1.165) is 11.1 Å². The molecule has 0 amide bonds. The average Bonchev–Trinajstić information content (AvgIpc) is 2.72. The van der Waals surface area contributed by atoms with Crippen molar-refractivity contribution >= 4 is 5.82 Å². The van der Waals surface area contributed by atoms with E-state index in [0.29, 0.717) is 34.1 Å². The van der Waals surface area contributed by atoms with Gasteiger partial charge in [0.25, 0.3) is 0 Å². The molecule has 1 heterocycles. The van der Waals surface area contributed by atoms with Crippen molar-refractivity contribution in [1.82, 2.24) is 4.98 Å². The van der Waals surface area contributed by atoms with Gasteiger partial charge in [0.1, 0.15) is 23.2 Å². The molecule has 0 atom stereocenters. The van der Waals surface area contributed by atoms with Gasteiger partial charge < -0.3 is 19.9 Å². The van der Waals surface area contributed by atoms with Gasteiger partial charge in [0, 0.05) is 22.8 Å². The first kappa shape index (κ1) is 19.1. The minimum atomic E-state index is 0.162. The molecule has 2 N–H and O–H groups in total. The fourth-order valence-electron chi connectivity index (χ4n) is 3.13. The Hall–Kier alpha value is -3.72. The maximum Gasteiger partial charge on any atom is 0.164 e. The van der Waals surface area contributed by atoms with Gasteiger partial charge >= 0.3 is 0 Å². The van der Waals surface area contributed by atoms with Gasteiger partial charge in [0.05, 0.1) is 27.0 Å². The summed E-state index contributed by atoms with van der Waals surface area (Å²) in [5, 5.41) is 9.70. The molecule has 28 heavy (non-hydrogen) atoms. The third-order valence-electron chi connectivity index (χ3n) is 4.58. The van der Waals surface area contributed by atoms with Crippen molar-refractivity contribution in [1.29, 1.82) is 5.26 Å². The van der Waals surface area contributed by atoms with Gasteiger partial charge in [0.15, 0.2) is 11.5 Å².